The normalized spacial score (nSPS) is 22.4. The minimum Gasteiger partial charge on any atom is -0.340 e. The van der Waals surface area contributed by atoms with E-state index in [1.165, 1.54) is 0 Å². The molecule has 0 aromatic heterocycles. The molecule has 1 N–H and O–H groups in total. The van der Waals surface area contributed by atoms with Crippen molar-refractivity contribution in [2.75, 3.05) is 26.2 Å². The average molecular weight is 258 g/mol. The van der Waals surface area contributed by atoms with Gasteiger partial charge in [-0.1, -0.05) is 24.3 Å². The van der Waals surface area contributed by atoms with E-state index in [0.29, 0.717) is 12.8 Å². The molecule has 1 atom stereocenters. The number of ketones is 1. The van der Waals surface area contributed by atoms with E-state index < -0.39 is 0 Å². The Balaban J connectivity index is 1.66. The lowest BCUT2D eigenvalue weighted by Crippen LogP contribution is -2.47. The number of rotatable bonds is 2. The van der Waals surface area contributed by atoms with Crippen molar-refractivity contribution >= 4 is 11.7 Å². The van der Waals surface area contributed by atoms with Crippen molar-refractivity contribution in [1.82, 2.24) is 10.2 Å². The second-order valence-corrected chi connectivity index (χ2v) is 5.26. The molecule has 19 heavy (non-hydrogen) atoms. The standard InChI is InChI=1S/C15H18N2O2/c18-14(17-7-5-16-6-8-17)10-12-9-11-3-1-2-4-13(11)15(12)19/h1-4,12,16H,5-10H2. The van der Waals surface area contributed by atoms with Crippen LogP contribution in [-0.4, -0.2) is 42.8 Å². The molecule has 1 saturated heterocycles. The van der Waals surface area contributed by atoms with Crippen LogP contribution in [0.25, 0.3) is 0 Å². The molecule has 0 bridgehead atoms. The van der Waals surface area contributed by atoms with E-state index in [0.717, 1.165) is 37.3 Å². The highest BCUT2D eigenvalue weighted by Crippen LogP contribution is 2.29. The van der Waals surface area contributed by atoms with Crippen molar-refractivity contribution < 1.29 is 9.59 Å². The van der Waals surface area contributed by atoms with E-state index in [4.69, 9.17) is 0 Å². The minimum absolute atomic E-state index is 0.118. The van der Waals surface area contributed by atoms with E-state index in [9.17, 15) is 9.59 Å². The lowest BCUT2D eigenvalue weighted by Gasteiger charge is -2.28. The van der Waals surface area contributed by atoms with Gasteiger partial charge >= 0.3 is 0 Å². The highest BCUT2D eigenvalue weighted by atomic mass is 16.2. The second kappa shape index (κ2) is 5.13. The average Bonchev–Trinajstić information content (AvgIpc) is 2.77. The molecular weight excluding hydrogens is 240 g/mol. The fourth-order valence-electron chi connectivity index (χ4n) is 2.94. The number of carbonyl (C=O) groups excluding carboxylic acids is 2. The summed E-state index contributed by atoms with van der Waals surface area (Å²) in [6, 6.07) is 7.69. The van der Waals surface area contributed by atoms with Crippen LogP contribution in [0, 0.1) is 5.92 Å². The number of hydrogen-bond donors (Lipinski definition) is 1. The number of amides is 1. The molecule has 1 aliphatic heterocycles. The monoisotopic (exact) mass is 258 g/mol. The van der Waals surface area contributed by atoms with Gasteiger partial charge in [-0.05, 0) is 12.0 Å². The van der Waals surface area contributed by atoms with E-state index in [-0.39, 0.29) is 17.6 Å². The van der Waals surface area contributed by atoms with Crippen molar-refractivity contribution in [2.45, 2.75) is 12.8 Å². The summed E-state index contributed by atoms with van der Waals surface area (Å²) in [5.74, 6) is 0.103. The molecule has 1 fully saturated rings. The third-order valence-electron chi connectivity index (χ3n) is 4.01. The van der Waals surface area contributed by atoms with Crippen LogP contribution in [0.15, 0.2) is 24.3 Å². The molecule has 3 rings (SSSR count). The Morgan fingerprint density at radius 1 is 1.26 bits per heavy atom. The fraction of sp³-hybridized carbons (Fsp3) is 0.467. The van der Waals surface area contributed by atoms with Crippen LogP contribution in [-0.2, 0) is 11.2 Å². The topological polar surface area (TPSA) is 49.4 Å². The van der Waals surface area contributed by atoms with Gasteiger partial charge in [-0.15, -0.1) is 0 Å². The predicted molar refractivity (Wildman–Crippen MR) is 72.0 cm³/mol. The van der Waals surface area contributed by atoms with Gasteiger partial charge in [0, 0.05) is 44.1 Å². The molecule has 1 aliphatic carbocycles. The lowest BCUT2D eigenvalue weighted by molar-refractivity contribution is -0.132. The van der Waals surface area contributed by atoms with Crippen molar-refractivity contribution in [3.05, 3.63) is 35.4 Å². The summed E-state index contributed by atoms with van der Waals surface area (Å²) < 4.78 is 0. The quantitative estimate of drug-likeness (QED) is 0.856. The van der Waals surface area contributed by atoms with E-state index in [1.54, 1.807) is 0 Å². The Morgan fingerprint density at radius 2 is 2.00 bits per heavy atom. The molecule has 0 radical (unpaired) electrons. The maximum absolute atomic E-state index is 12.2. The van der Waals surface area contributed by atoms with E-state index in [2.05, 4.69) is 5.32 Å². The number of carbonyl (C=O) groups is 2. The molecule has 100 valence electrons. The first-order chi connectivity index (χ1) is 9.25. The fourth-order valence-corrected chi connectivity index (χ4v) is 2.94. The summed E-state index contributed by atoms with van der Waals surface area (Å²) in [7, 11) is 0. The molecule has 1 aromatic carbocycles. The van der Waals surface area contributed by atoms with Crippen LogP contribution < -0.4 is 5.32 Å². The highest BCUT2D eigenvalue weighted by Gasteiger charge is 2.32. The van der Waals surface area contributed by atoms with Crippen molar-refractivity contribution in [1.29, 1.82) is 0 Å². The summed E-state index contributed by atoms with van der Waals surface area (Å²) >= 11 is 0. The Kier molecular flexibility index (Phi) is 3.34. The molecule has 1 unspecified atom stereocenters. The summed E-state index contributed by atoms with van der Waals surface area (Å²) in [5, 5.41) is 3.23. The number of Topliss-reactive ketones (excluding diaryl/α,β-unsaturated/α-hetero) is 1. The molecule has 0 saturated carbocycles. The van der Waals surface area contributed by atoms with Crippen LogP contribution in [0.4, 0.5) is 0 Å². The summed E-state index contributed by atoms with van der Waals surface area (Å²) in [6.45, 7) is 3.22. The SMILES string of the molecule is O=C1c2ccccc2CC1CC(=O)N1CCNCC1. The Bertz CT molecular complexity index is 507. The van der Waals surface area contributed by atoms with Gasteiger partial charge < -0.3 is 10.2 Å². The van der Waals surface area contributed by atoms with Gasteiger partial charge in [0.1, 0.15) is 0 Å². The van der Waals surface area contributed by atoms with Crippen LogP contribution in [0.3, 0.4) is 0 Å². The number of nitrogens with one attached hydrogen (secondary N) is 1. The zero-order valence-electron chi connectivity index (χ0n) is 10.9. The van der Waals surface area contributed by atoms with Gasteiger partial charge in [0.15, 0.2) is 5.78 Å². The van der Waals surface area contributed by atoms with Crippen LogP contribution >= 0.6 is 0 Å². The first kappa shape index (κ1) is 12.4. The third-order valence-corrected chi connectivity index (χ3v) is 4.01. The number of benzene rings is 1. The third kappa shape index (κ3) is 2.40. The van der Waals surface area contributed by atoms with Crippen molar-refractivity contribution in [3.63, 3.8) is 0 Å². The molecule has 4 heteroatoms. The Morgan fingerprint density at radius 3 is 2.74 bits per heavy atom. The number of piperazine rings is 1. The maximum atomic E-state index is 12.2. The van der Waals surface area contributed by atoms with E-state index >= 15 is 0 Å². The molecule has 4 nitrogen and oxygen atoms in total. The zero-order valence-corrected chi connectivity index (χ0v) is 10.9. The van der Waals surface area contributed by atoms with Gasteiger partial charge in [0.25, 0.3) is 0 Å². The van der Waals surface area contributed by atoms with Crippen LogP contribution in [0.2, 0.25) is 0 Å². The molecule has 2 aliphatic rings. The Labute approximate surface area is 112 Å². The second-order valence-electron chi connectivity index (χ2n) is 5.26. The predicted octanol–water partition coefficient (Wildman–Crippen LogP) is 0.863. The van der Waals surface area contributed by atoms with Crippen molar-refractivity contribution in [2.24, 2.45) is 5.92 Å². The van der Waals surface area contributed by atoms with Crippen LogP contribution in [0.1, 0.15) is 22.3 Å². The largest absolute Gasteiger partial charge is 0.340 e. The smallest absolute Gasteiger partial charge is 0.223 e. The maximum Gasteiger partial charge on any atom is 0.223 e. The lowest BCUT2D eigenvalue weighted by atomic mass is 10.00. The first-order valence-corrected chi connectivity index (χ1v) is 6.86. The molecule has 1 aromatic rings. The highest BCUT2D eigenvalue weighted by molar-refractivity contribution is 6.03. The molecule has 0 spiro atoms. The van der Waals surface area contributed by atoms with Gasteiger partial charge in [0.2, 0.25) is 5.91 Å². The number of fused-ring (bicyclic) bond motifs is 1. The zero-order chi connectivity index (χ0) is 13.2. The van der Waals surface area contributed by atoms with Crippen LogP contribution in [0.5, 0.6) is 0 Å². The number of hydrogen-bond acceptors (Lipinski definition) is 3. The molecular formula is C15H18N2O2. The molecule has 1 amide bonds. The number of nitrogens with zero attached hydrogens (tertiary/aromatic N) is 1. The minimum atomic E-state index is -0.153. The first-order valence-electron chi connectivity index (χ1n) is 6.86. The summed E-state index contributed by atoms with van der Waals surface area (Å²) in [6.07, 6.45) is 1.07. The van der Waals surface area contributed by atoms with Gasteiger partial charge in [-0.25, -0.2) is 0 Å². The Hall–Kier alpha value is -1.68. The molecule has 1 heterocycles. The van der Waals surface area contributed by atoms with Gasteiger partial charge in [-0.3, -0.25) is 9.59 Å². The van der Waals surface area contributed by atoms with E-state index in [1.807, 2.05) is 29.2 Å². The van der Waals surface area contributed by atoms with Gasteiger partial charge in [0.05, 0.1) is 0 Å². The summed E-state index contributed by atoms with van der Waals surface area (Å²) in [4.78, 5) is 26.3. The summed E-state index contributed by atoms with van der Waals surface area (Å²) in [5.41, 5.74) is 1.89. The van der Waals surface area contributed by atoms with Crippen molar-refractivity contribution in [3.8, 4) is 0 Å². The van der Waals surface area contributed by atoms with Gasteiger partial charge in [-0.2, -0.15) is 0 Å².